The molecule has 0 bridgehead atoms. The van der Waals surface area contributed by atoms with Crippen molar-refractivity contribution >= 4 is 11.7 Å². The van der Waals surface area contributed by atoms with E-state index in [1.54, 1.807) is 24.3 Å². The lowest BCUT2D eigenvalue weighted by Crippen LogP contribution is -2.26. The van der Waals surface area contributed by atoms with Crippen molar-refractivity contribution in [2.24, 2.45) is 0 Å². The number of nitriles is 1. The molecule has 1 aromatic carbocycles. The Kier molecular flexibility index (Phi) is 4.16. The van der Waals surface area contributed by atoms with Crippen molar-refractivity contribution in [3.05, 3.63) is 52.9 Å². The van der Waals surface area contributed by atoms with E-state index in [0.29, 0.717) is 5.75 Å². The summed E-state index contributed by atoms with van der Waals surface area (Å²) in [6.07, 6.45) is 1.24. The second-order valence-corrected chi connectivity index (χ2v) is 5.13. The third-order valence-electron chi connectivity index (χ3n) is 3.46. The van der Waals surface area contributed by atoms with Crippen LogP contribution in [-0.2, 0) is 17.8 Å². The standard InChI is InChI=1S/C16H11FN4O3/c17-14-12(5-18)20-8-21-15(14)16(23)19-6-9-1-2-13-10(3-9)4-11(22)7-24-13/h1-3,8H,4,6-7H2,(H,19,23). The minimum atomic E-state index is -1.05. The number of halogens is 1. The normalized spacial score (nSPS) is 12.8. The molecule has 1 aromatic heterocycles. The highest BCUT2D eigenvalue weighted by Crippen LogP contribution is 2.24. The molecule has 1 aliphatic rings. The highest BCUT2D eigenvalue weighted by Gasteiger charge is 2.19. The van der Waals surface area contributed by atoms with Crippen molar-refractivity contribution in [2.75, 3.05) is 6.61 Å². The van der Waals surface area contributed by atoms with E-state index in [0.717, 1.165) is 17.5 Å². The summed E-state index contributed by atoms with van der Waals surface area (Å²) in [5.41, 5.74) is 0.506. The van der Waals surface area contributed by atoms with Crippen LogP contribution < -0.4 is 10.1 Å². The molecule has 1 amide bonds. The number of ether oxygens (including phenoxy) is 1. The van der Waals surface area contributed by atoms with E-state index in [4.69, 9.17) is 10.00 Å². The molecule has 3 rings (SSSR count). The van der Waals surface area contributed by atoms with Crippen molar-refractivity contribution in [1.82, 2.24) is 15.3 Å². The summed E-state index contributed by atoms with van der Waals surface area (Å²) in [4.78, 5) is 30.4. The Morgan fingerprint density at radius 2 is 2.25 bits per heavy atom. The monoisotopic (exact) mass is 326 g/mol. The number of carbonyl (C=O) groups is 2. The van der Waals surface area contributed by atoms with Crippen molar-refractivity contribution in [3.8, 4) is 11.8 Å². The maximum absolute atomic E-state index is 13.9. The fourth-order valence-corrected chi connectivity index (χ4v) is 2.32. The SMILES string of the molecule is N#Cc1ncnc(C(=O)NCc2ccc3c(c2)CC(=O)CO3)c1F. The molecule has 0 fully saturated rings. The van der Waals surface area contributed by atoms with Gasteiger partial charge in [-0.05, 0) is 17.7 Å². The first kappa shape index (κ1) is 15.6. The van der Waals surface area contributed by atoms with Gasteiger partial charge in [0, 0.05) is 18.5 Å². The number of carbonyl (C=O) groups excluding carboxylic acids is 2. The van der Waals surface area contributed by atoms with Crippen molar-refractivity contribution in [2.45, 2.75) is 13.0 Å². The van der Waals surface area contributed by atoms with E-state index < -0.39 is 23.1 Å². The number of nitrogens with one attached hydrogen (secondary N) is 1. The van der Waals surface area contributed by atoms with Crippen LogP contribution in [0.25, 0.3) is 0 Å². The summed E-state index contributed by atoms with van der Waals surface area (Å²) in [7, 11) is 0. The minimum absolute atomic E-state index is 0.0178. The van der Waals surface area contributed by atoms with Crippen LogP contribution in [-0.4, -0.2) is 28.3 Å². The first-order valence-electron chi connectivity index (χ1n) is 7.03. The largest absolute Gasteiger partial charge is 0.486 e. The smallest absolute Gasteiger partial charge is 0.273 e. The van der Waals surface area contributed by atoms with Crippen LogP contribution in [0.5, 0.6) is 5.75 Å². The minimum Gasteiger partial charge on any atom is -0.486 e. The maximum atomic E-state index is 13.9. The summed E-state index contributed by atoms with van der Waals surface area (Å²) in [6, 6.07) is 6.77. The molecular formula is C16H11FN4O3. The summed E-state index contributed by atoms with van der Waals surface area (Å²) in [6.45, 7) is 0.183. The van der Waals surface area contributed by atoms with Gasteiger partial charge < -0.3 is 10.1 Å². The Labute approximate surface area is 136 Å². The number of nitrogens with zero attached hydrogens (tertiary/aromatic N) is 3. The van der Waals surface area contributed by atoms with Gasteiger partial charge in [0.15, 0.2) is 23.0 Å². The van der Waals surface area contributed by atoms with Gasteiger partial charge in [0.05, 0.1) is 0 Å². The zero-order chi connectivity index (χ0) is 17.1. The van der Waals surface area contributed by atoms with Crippen LogP contribution in [0, 0.1) is 17.1 Å². The molecule has 0 unspecified atom stereocenters. The number of amides is 1. The average molecular weight is 326 g/mol. The van der Waals surface area contributed by atoms with Gasteiger partial charge in [-0.25, -0.2) is 14.4 Å². The third-order valence-corrected chi connectivity index (χ3v) is 3.46. The number of hydrogen-bond acceptors (Lipinski definition) is 6. The molecule has 0 radical (unpaired) electrons. The highest BCUT2D eigenvalue weighted by atomic mass is 19.1. The summed E-state index contributed by atoms with van der Waals surface area (Å²) < 4.78 is 19.1. The predicted molar refractivity (Wildman–Crippen MR) is 78.5 cm³/mol. The summed E-state index contributed by atoms with van der Waals surface area (Å²) in [5.74, 6) is -1.18. The Hall–Kier alpha value is -3.34. The molecule has 24 heavy (non-hydrogen) atoms. The molecule has 7 nitrogen and oxygen atoms in total. The van der Waals surface area contributed by atoms with E-state index in [9.17, 15) is 14.0 Å². The van der Waals surface area contributed by atoms with Gasteiger partial charge in [0.1, 0.15) is 24.8 Å². The zero-order valence-corrected chi connectivity index (χ0v) is 12.4. The Bertz CT molecular complexity index is 876. The molecule has 0 atom stereocenters. The number of fused-ring (bicyclic) bond motifs is 1. The topological polar surface area (TPSA) is 105 Å². The number of rotatable bonds is 3. The number of hydrogen-bond donors (Lipinski definition) is 1. The van der Waals surface area contributed by atoms with E-state index in [-0.39, 0.29) is 25.4 Å². The van der Waals surface area contributed by atoms with E-state index in [2.05, 4.69) is 15.3 Å². The summed E-state index contributed by atoms with van der Waals surface area (Å²) >= 11 is 0. The van der Waals surface area contributed by atoms with E-state index in [1.165, 1.54) is 0 Å². The van der Waals surface area contributed by atoms with Gasteiger partial charge in [-0.15, -0.1) is 0 Å². The molecule has 0 spiro atoms. The first-order valence-corrected chi connectivity index (χ1v) is 7.03. The van der Waals surface area contributed by atoms with Crippen molar-refractivity contribution < 1.29 is 18.7 Å². The van der Waals surface area contributed by atoms with Crippen LogP contribution in [0.4, 0.5) is 4.39 Å². The van der Waals surface area contributed by atoms with Gasteiger partial charge in [-0.3, -0.25) is 9.59 Å². The molecule has 0 saturated heterocycles. The molecule has 120 valence electrons. The fraction of sp³-hybridized carbons (Fsp3) is 0.188. The second-order valence-electron chi connectivity index (χ2n) is 5.13. The van der Waals surface area contributed by atoms with E-state index >= 15 is 0 Å². The van der Waals surface area contributed by atoms with E-state index in [1.807, 2.05) is 0 Å². The van der Waals surface area contributed by atoms with Crippen molar-refractivity contribution in [3.63, 3.8) is 0 Å². The zero-order valence-electron chi connectivity index (χ0n) is 12.4. The Balaban J connectivity index is 1.72. The molecular weight excluding hydrogens is 315 g/mol. The fourth-order valence-electron chi connectivity index (χ4n) is 2.32. The molecule has 1 aliphatic heterocycles. The molecule has 0 saturated carbocycles. The second kappa shape index (κ2) is 6.42. The molecule has 1 N–H and O–H groups in total. The van der Waals surface area contributed by atoms with Crippen LogP contribution >= 0.6 is 0 Å². The Morgan fingerprint density at radius 1 is 1.42 bits per heavy atom. The lowest BCUT2D eigenvalue weighted by molar-refractivity contribution is -0.121. The highest BCUT2D eigenvalue weighted by molar-refractivity contribution is 5.92. The van der Waals surface area contributed by atoms with Gasteiger partial charge in [-0.1, -0.05) is 6.07 Å². The Morgan fingerprint density at radius 3 is 3.04 bits per heavy atom. The quantitative estimate of drug-likeness (QED) is 0.899. The molecule has 8 heteroatoms. The van der Waals surface area contributed by atoms with Crippen LogP contribution in [0.15, 0.2) is 24.5 Å². The van der Waals surface area contributed by atoms with Crippen molar-refractivity contribution in [1.29, 1.82) is 5.26 Å². The number of benzene rings is 1. The lowest BCUT2D eigenvalue weighted by atomic mass is 10.0. The maximum Gasteiger partial charge on any atom is 0.273 e. The number of Topliss-reactive ketones (excluding diaryl/α,β-unsaturated/α-hetero) is 1. The van der Waals surface area contributed by atoms with Gasteiger partial charge >= 0.3 is 0 Å². The van der Waals surface area contributed by atoms with Crippen LogP contribution in [0.2, 0.25) is 0 Å². The predicted octanol–water partition coefficient (Wildman–Crippen LogP) is 0.921. The molecule has 2 aromatic rings. The van der Waals surface area contributed by atoms with Gasteiger partial charge in [0.25, 0.3) is 5.91 Å². The number of ketones is 1. The molecule has 2 heterocycles. The molecule has 0 aliphatic carbocycles. The third kappa shape index (κ3) is 3.05. The average Bonchev–Trinajstić information content (AvgIpc) is 2.59. The first-order chi connectivity index (χ1) is 11.6. The number of aromatic nitrogens is 2. The lowest BCUT2D eigenvalue weighted by Gasteiger charge is -2.17. The van der Waals surface area contributed by atoms with Crippen LogP contribution in [0.1, 0.15) is 27.3 Å². The van der Waals surface area contributed by atoms with Gasteiger partial charge in [0.2, 0.25) is 0 Å². The van der Waals surface area contributed by atoms with Gasteiger partial charge in [-0.2, -0.15) is 5.26 Å². The summed E-state index contributed by atoms with van der Waals surface area (Å²) in [5, 5.41) is 11.2. The van der Waals surface area contributed by atoms with Crippen LogP contribution in [0.3, 0.4) is 0 Å².